The Morgan fingerprint density at radius 3 is 2.76 bits per heavy atom. The molecule has 0 aliphatic rings. The predicted octanol–water partition coefficient (Wildman–Crippen LogP) is 3.92. The molecule has 0 saturated carbocycles. The van der Waals surface area contributed by atoms with Gasteiger partial charge in [-0.05, 0) is 52.9 Å². The van der Waals surface area contributed by atoms with E-state index in [1.54, 1.807) is 7.11 Å². The van der Waals surface area contributed by atoms with Crippen molar-refractivity contribution in [2.75, 3.05) is 7.11 Å². The molecule has 0 amide bonds. The highest BCUT2D eigenvalue weighted by Gasteiger charge is 2.06. The van der Waals surface area contributed by atoms with Crippen LogP contribution in [0, 0.1) is 0 Å². The summed E-state index contributed by atoms with van der Waals surface area (Å²) in [4.78, 5) is 0. The Balaban J connectivity index is 1.98. The summed E-state index contributed by atoms with van der Waals surface area (Å²) in [6.07, 6.45) is 2.11. The Hall–Kier alpha value is -1.78. The third kappa shape index (κ3) is 2.82. The van der Waals surface area contributed by atoms with Crippen molar-refractivity contribution in [3.8, 4) is 5.75 Å². The topological polar surface area (TPSA) is 40.2 Å². The maximum absolute atomic E-state index is 5.70. The summed E-state index contributed by atoms with van der Waals surface area (Å²) in [5, 5.41) is 1.22. The predicted molar refractivity (Wildman–Crippen MR) is 89.6 cm³/mol. The number of methoxy groups -OCH3 is 1. The summed E-state index contributed by atoms with van der Waals surface area (Å²) >= 11 is 3.61. The molecule has 1 heterocycles. The number of hydrogen-bond donors (Lipinski definition) is 1. The van der Waals surface area contributed by atoms with Gasteiger partial charge in [0.1, 0.15) is 5.75 Å². The Kier molecular flexibility index (Phi) is 3.99. The average Bonchev–Trinajstić information content (AvgIpc) is 2.91. The molecule has 3 rings (SSSR count). The molecule has 0 unspecified atom stereocenters. The summed E-state index contributed by atoms with van der Waals surface area (Å²) in [6, 6.07) is 14.5. The molecular formula is C17H17BrN2O. The zero-order chi connectivity index (χ0) is 14.8. The lowest BCUT2D eigenvalue weighted by molar-refractivity contribution is 0.414. The van der Waals surface area contributed by atoms with E-state index in [0.29, 0.717) is 6.54 Å². The van der Waals surface area contributed by atoms with E-state index < -0.39 is 0 Å². The third-order valence-electron chi connectivity index (χ3n) is 3.66. The Labute approximate surface area is 132 Å². The van der Waals surface area contributed by atoms with E-state index in [-0.39, 0.29) is 0 Å². The molecule has 0 bridgehead atoms. The Bertz CT molecular complexity index is 780. The van der Waals surface area contributed by atoms with Gasteiger partial charge in [-0.2, -0.15) is 0 Å². The first kappa shape index (κ1) is 14.2. The second-order valence-electron chi connectivity index (χ2n) is 5.00. The van der Waals surface area contributed by atoms with Crippen LogP contribution >= 0.6 is 15.9 Å². The van der Waals surface area contributed by atoms with Crippen molar-refractivity contribution in [1.29, 1.82) is 0 Å². The number of benzene rings is 2. The molecule has 0 aliphatic carbocycles. The van der Waals surface area contributed by atoms with Crippen LogP contribution in [0.1, 0.15) is 11.1 Å². The average molecular weight is 345 g/mol. The smallest absolute Gasteiger partial charge is 0.119 e. The molecule has 0 saturated heterocycles. The summed E-state index contributed by atoms with van der Waals surface area (Å²) in [5.74, 6) is 0.870. The third-order valence-corrected chi connectivity index (χ3v) is 4.44. The van der Waals surface area contributed by atoms with Crippen LogP contribution in [0.4, 0.5) is 0 Å². The Morgan fingerprint density at radius 2 is 2.00 bits per heavy atom. The quantitative estimate of drug-likeness (QED) is 0.779. The zero-order valence-corrected chi connectivity index (χ0v) is 13.4. The van der Waals surface area contributed by atoms with Crippen molar-refractivity contribution in [1.82, 2.24) is 4.57 Å². The summed E-state index contributed by atoms with van der Waals surface area (Å²) in [5.41, 5.74) is 9.25. The Morgan fingerprint density at radius 1 is 1.14 bits per heavy atom. The van der Waals surface area contributed by atoms with Crippen molar-refractivity contribution in [3.63, 3.8) is 0 Å². The second kappa shape index (κ2) is 5.92. The number of ether oxygens (including phenoxy) is 1. The van der Waals surface area contributed by atoms with Crippen molar-refractivity contribution < 1.29 is 4.74 Å². The first-order valence-corrected chi connectivity index (χ1v) is 7.61. The van der Waals surface area contributed by atoms with Gasteiger partial charge in [0.25, 0.3) is 0 Å². The minimum absolute atomic E-state index is 0.572. The first-order chi connectivity index (χ1) is 10.2. The fourth-order valence-corrected chi connectivity index (χ4v) is 2.87. The molecule has 3 nitrogen and oxygen atoms in total. The lowest BCUT2D eigenvalue weighted by Gasteiger charge is -2.10. The van der Waals surface area contributed by atoms with Crippen LogP contribution in [0.3, 0.4) is 0 Å². The van der Waals surface area contributed by atoms with E-state index in [1.165, 1.54) is 16.5 Å². The standard InChI is InChI=1S/C17H17BrN2O/c1-21-15-3-4-16(18)14(9-15)11-20-7-6-13-8-12(10-19)2-5-17(13)20/h2-9H,10-11,19H2,1H3. The molecule has 2 aromatic carbocycles. The van der Waals surface area contributed by atoms with Gasteiger partial charge in [0, 0.05) is 29.3 Å². The van der Waals surface area contributed by atoms with E-state index in [0.717, 1.165) is 22.3 Å². The summed E-state index contributed by atoms with van der Waals surface area (Å²) in [6.45, 7) is 1.37. The van der Waals surface area contributed by atoms with Crippen molar-refractivity contribution in [2.24, 2.45) is 5.73 Å². The van der Waals surface area contributed by atoms with E-state index in [4.69, 9.17) is 10.5 Å². The second-order valence-corrected chi connectivity index (χ2v) is 5.85. The van der Waals surface area contributed by atoms with Gasteiger partial charge in [-0.25, -0.2) is 0 Å². The molecule has 0 fully saturated rings. The van der Waals surface area contributed by atoms with Gasteiger partial charge in [-0.15, -0.1) is 0 Å². The van der Waals surface area contributed by atoms with Crippen LogP contribution in [-0.4, -0.2) is 11.7 Å². The monoisotopic (exact) mass is 344 g/mol. The first-order valence-electron chi connectivity index (χ1n) is 6.81. The number of hydrogen-bond acceptors (Lipinski definition) is 2. The summed E-state index contributed by atoms with van der Waals surface area (Å²) < 4.78 is 8.62. The van der Waals surface area contributed by atoms with Crippen LogP contribution in [0.2, 0.25) is 0 Å². The highest BCUT2D eigenvalue weighted by Crippen LogP contribution is 2.25. The van der Waals surface area contributed by atoms with Crippen LogP contribution < -0.4 is 10.5 Å². The van der Waals surface area contributed by atoms with Crippen LogP contribution in [0.15, 0.2) is 53.1 Å². The molecule has 21 heavy (non-hydrogen) atoms. The molecule has 4 heteroatoms. The van der Waals surface area contributed by atoms with Crippen molar-refractivity contribution in [3.05, 3.63) is 64.3 Å². The van der Waals surface area contributed by atoms with Gasteiger partial charge in [0.15, 0.2) is 0 Å². The SMILES string of the molecule is COc1ccc(Br)c(Cn2ccc3cc(CN)ccc32)c1. The largest absolute Gasteiger partial charge is 0.497 e. The van der Waals surface area contributed by atoms with Crippen molar-refractivity contribution in [2.45, 2.75) is 13.1 Å². The fourth-order valence-electron chi connectivity index (χ4n) is 2.50. The molecule has 0 aliphatic heterocycles. The highest BCUT2D eigenvalue weighted by atomic mass is 79.9. The van der Waals surface area contributed by atoms with Crippen LogP contribution in [0.25, 0.3) is 10.9 Å². The zero-order valence-electron chi connectivity index (χ0n) is 11.8. The molecule has 3 aromatic rings. The van der Waals surface area contributed by atoms with Gasteiger partial charge in [0.2, 0.25) is 0 Å². The minimum atomic E-state index is 0.572. The fraction of sp³-hybridized carbons (Fsp3) is 0.176. The maximum atomic E-state index is 5.70. The number of nitrogens with zero attached hydrogens (tertiary/aromatic N) is 1. The number of nitrogens with two attached hydrogens (primary N) is 1. The summed E-state index contributed by atoms with van der Waals surface area (Å²) in [7, 11) is 1.69. The molecule has 0 radical (unpaired) electrons. The number of aromatic nitrogens is 1. The van der Waals surface area contributed by atoms with E-state index in [2.05, 4.69) is 57.0 Å². The molecule has 0 spiro atoms. The molecule has 0 atom stereocenters. The lowest BCUT2D eigenvalue weighted by atomic mass is 10.1. The van der Waals surface area contributed by atoms with Gasteiger partial charge >= 0.3 is 0 Å². The van der Waals surface area contributed by atoms with Crippen molar-refractivity contribution >= 4 is 26.8 Å². The molecule has 108 valence electrons. The molecular weight excluding hydrogens is 328 g/mol. The van der Waals surface area contributed by atoms with Gasteiger partial charge < -0.3 is 15.0 Å². The normalized spacial score (nSPS) is 11.0. The minimum Gasteiger partial charge on any atom is -0.497 e. The highest BCUT2D eigenvalue weighted by molar-refractivity contribution is 9.10. The van der Waals surface area contributed by atoms with Gasteiger partial charge in [0.05, 0.1) is 7.11 Å². The van der Waals surface area contributed by atoms with Crippen LogP contribution in [-0.2, 0) is 13.1 Å². The number of fused-ring (bicyclic) bond motifs is 1. The van der Waals surface area contributed by atoms with E-state index in [9.17, 15) is 0 Å². The van der Waals surface area contributed by atoms with E-state index >= 15 is 0 Å². The van der Waals surface area contributed by atoms with Gasteiger partial charge in [-0.3, -0.25) is 0 Å². The maximum Gasteiger partial charge on any atom is 0.119 e. The lowest BCUT2D eigenvalue weighted by Crippen LogP contribution is -2.00. The van der Waals surface area contributed by atoms with Gasteiger partial charge in [-0.1, -0.05) is 22.0 Å². The number of halogens is 1. The molecule has 2 N–H and O–H groups in total. The molecule has 1 aromatic heterocycles. The van der Waals surface area contributed by atoms with E-state index in [1.807, 2.05) is 12.1 Å². The number of rotatable bonds is 4. The van der Waals surface area contributed by atoms with Crippen LogP contribution in [0.5, 0.6) is 5.75 Å².